The topological polar surface area (TPSA) is 41.5 Å². The third-order valence-corrected chi connectivity index (χ3v) is 4.05. The van der Waals surface area contributed by atoms with Crippen molar-refractivity contribution in [2.24, 2.45) is 4.99 Å². The second-order valence-corrected chi connectivity index (χ2v) is 6.80. The lowest BCUT2D eigenvalue weighted by molar-refractivity contribution is -0.115. The van der Waals surface area contributed by atoms with Crippen molar-refractivity contribution >= 4 is 17.3 Å². The number of hydrogen-bond acceptors (Lipinski definition) is 2. The van der Waals surface area contributed by atoms with Crippen LogP contribution in [0.25, 0.3) is 0 Å². The highest BCUT2D eigenvalue weighted by molar-refractivity contribution is 6.14. The number of carbonyl (C=O) groups excluding carboxylic acids is 1. The molecule has 0 fully saturated rings. The van der Waals surface area contributed by atoms with Crippen LogP contribution in [0.3, 0.4) is 0 Å². The van der Waals surface area contributed by atoms with Gasteiger partial charge in [-0.25, -0.2) is 0 Å². The summed E-state index contributed by atoms with van der Waals surface area (Å²) in [7, 11) is 0. The van der Waals surface area contributed by atoms with Gasteiger partial charge in [0.2, 0.25) is 5.91 Å². The second kappa shape index (κ2) is 5.99. The smallest absolute Gasteiger partial charge is 0.230 e. The highest BCUT2D eigenvalue weighted by atomic mass is 16.1. The van der Waals surface area contributed by atoms with E-state index in [1.54, 1.807) is 0 Å². The average Bonchev–Trinajstić information content (AvgIpc) is 2.48. The number of aryl methyl sites for hydroxylation is 1. The van der Waals surface area contributed by atoms with Crippen LogP contribution in [0.5, 0.6) is 0 Å². The van der Waals surface area contributed by atoms with Crippen LogP contribution in [-0.2, 0) is 11.2 Å². The van der Waals surface area contributed by atoms with Crippen molar-refractivity contribution in [1.82, 2.24) is 0 Å². The standard InChI is InChI=1S/C20H22N2O/c1-14-8-10-16(11-9-14)21-19(23)12-18-17-7-5-4-6-15(17)13-20(2,3)22-18/h4-11H,12-13H2,1-3H3,(H,21,23). The molecule has 0 aromatic heterocycles. The van der Waals surface area contributed by atoms with Gasteiger partial charge in [-0.05, 0) is 50.5 Å². The Kier molecular flexibility index (Phi) is 4.03. The summed E-state index contributed by atoms with van der Waals surface area (Å²) in [6, 6.07) is 16.1. The average molecular weight is 306 g/mol. The highest BCUT2D eigenvalue weighted by Crippen LogP contribution is 2.27. The Balaban J connectivity index is 1.79. The molecule has 3 nitrogen and oxygen atoms in total. The van der Waals surface area contributed by atoms with Crippen LogP contribution in [0.2, 0.25) is 0 Å². The van der Waals surface area contributed by atoms with Crippen LogP contribution in [0.1, 0.15) is 37.0 Å². The zero-order valence-electron chi connectivity index (χ0n) is 13.9. The number of benzene rings is 2. The summed E-state index contributed by atoms with van der Waals surface area (Å²) in [6.07, 6.45) is 1.21. The highest BCUT2D eigenvalue weighted by Gasteiger charge is 2.27. The minimum Gasteiger partial charge on any atom is -0.326 e. The number of rotatable bonds is 3. The van der Waals surface area contributed by atoms with Gasteiger partial charge in [-0.1, -0.05) is 42.0 Å². The van der Waals surface area contributed by atoms with Crippen LogP contribution in [0.4, 0.5) is 5.69 Å². The molecular formula is C20H22N2O. The van der Waals surface area contributed by atoms with Crippen molar-refractivity contribution in [1.29, 1.82) is 0 Å². The molecule has 0 spiro atoms. The van der Waals surface area contributed by atoms with E-state index >= 15 is 0 Å². The van der Waals surface area contributed by atoms with Crippen molar-refractivity contribution in [2.45, 2.75) is 39.2 Å². The van der Waals surface area contributed by atoms with Gasteiger partial charge in [-0.15, -0.1) is 0 Å². The molecule has 1 amide bonds. The third kappa shape index (κ3) is 3.67. The second-order valence-electron chi connectivity index (χ2n) is 6.80. The van der Waals surface area contributed by atoms with Crippen molar-refractivity contribution in [2.75, 3.05) is 5.32 Å². The Hall–Kier alpha value is -2.42. The molecule has 0 aliphatic carbocycles. The molecule has 118 valence electrons. The fourth-order valence-electron chi connectivity index (χ4n) is 3.02. The molecule has 2 aromatic rings. The molecule has 0 radical (unpaired) electrons. The first-order valence-corrected chi connectivity index (χ1v) is 7.96. The molecule has 0 saturated heterocycles. The molecule has 0 atom stereocenters. The van der Waals surface area contributed by atoms with Gasteiger partial charge in [0.1, 0.15) is 0 Å². The predicted molar refractivity (Wildman–Crippen MR) is 95.2 cm³/mol. The third-order valence-electron chi connectivity index (χ3n) is 4.05. The Bertz CT molecular complexity index is 757. The van der Waals surface area contributed by atoms with Crippen LogP contribution >= 0.6 is 0 Å². The zero-order valence-corrected chi connectivity index (χ0v) is 13.9. The normalized spacial score (nSPS) is 15.5. The molecule has 23 heavy (non-hydrogen) atoms. The fraction of sp³-hybridized carbons (Fsp3) is 0.300. The van der Waals surface area contributed by atoms with Gasteiger partial charge in [0, 0.05) is 5.69 Å². The molecular weight excluding hydrogens is 284 g/mol. The SMILES string of the molecule is Cc1ccc(NC(=O)CC2=NC(C)(C)Cc3ccccc32)cc1. The number of nitrogens with zero attached hydrogens (tertiary/aromatic N) is 1. The number of nitrogens with one attached hydrogen (secondary N) is 1. The lowest BCUT2D eigenvalue weighted by Gasteiger charge is -2.29. The molecule has 0 bridgehead atoms. The molecule has 1 N–H and O–H groups in total. The first-order valence-electron chi connectivity index (χ1n) is 7.96. The van der Waals surface area contributed by atoms with Crippen molar-refractivity contribution in [3.63, 3.8) is 0 Å². The monoisotopic (exact) mass is 306 g/mol. The van der Waals surface area contributed by atoms with Crippen LogP contribution in [-0.4, -0.2) is 17.2 Å². The quantitative estimate of drug-likeness (QED) is 0.909. The van der Waals surface area contributed by atoms with Crippen LogP contribution < -0.4 is 5.32 Å². The number of aliphatic imine (C=N–C) groups is 1. The predicted octanol–water partition coefficient (Wildman–Crippen LogP) is 4.15. The Morgan fingerprint density at radius 1 is 1.13 bits per heavy atom. The fourth-order valence-corrected chi connectivity index (χ4v) is 3.02. The number of fused-ring (bicyclic) bond motifs is 1. The lowest BCUT2D eigenvalue weighted by Crippen LogP contribution is -2.30. The van der Waals surface area contributed by atoms with Gasteiger partial charge in [0.15, 0.2) is 0 Å². The maximum Gasteiger partial charge on any atom is 0.230 e. The van der Waals surface area contributed by atoms with Gasteiger partial charge in [-0.2, -0.15) is 0 Å². The van der Waals surface area contributed by atoms with Crippen molar-refractivity contribution in [3.05, 3.63) is 65.2 Å². The van der Waals surface area contributed by atoms with Gasteiger partial charge in [0.25, 0.3) is 0 Å². The van der Waals surface area contributed by atoms with E-state index in [0.717, 1.165) is 23.4 Å². The Morgan fingerprint density at radius 3 is 2.57 bits per heavy atom. The summed E-state index contributed by atoms with van der Waals surface area (Å²) in [5, 5.41) is 2.95. The first kappa shape index (κ1) is 15.5. The minimum atomic E-state index is -0.159. The number of anilines is 1. The molecule has 0 unspecified atom stereocenters. The molecule has 0 saturated carbocycles. The molecule has 3 rings (SSSR count). The summed E-state index contributed by atoms with van der Waals surface area (Å²) in [5.74, 6) is -0.0277. The van der Waals surface area contributed by atoms with Crippen molar-refractivity contribution in [3.8, 4) is 0 Å². The van der Waals surface area contributed by atoms with Crippen LogP contribution in [0, 0.1) is 6.92 Å². The summed E-state index contributed by atoms with van der Waals surface area (Å²) < 4.78 is 0. The Labute approximate surface area is 137 Å². The van der Waals surface area contributed by atoms with E-state index in [0.29, 0.717) is 6.42 Å². The van der Waals surface area contributed by atoms with Crippen molar-refractivity contribution < 1.29 is 4.79 Å². The largest absolute Gasteiger partial charge is 0.326 e. The molecule has 1 aliphatic rings. The number of carbonyl (C=O) groups is 1. The zero-order chi connectivity index (χ0) is 16.4. The van der Waals surface area contributed by atoms with E-state index < -0.39 is 0 Å². The van der Waals surface area contributed by atoms with Gasteiger partial charge in [-0.3, -0.25) is 9.79 Å². The molecule has 2 aromatic carbocycles. The van der Waals surface area contributed by atoms with E-state index in [2.05, 4.69) is 31.3 Å². The van der Waals surface area contributed by atoms with Crippen LogP contribution in [0.15, 0.2) is 53.5 Å². The summed E-state index contributed by atoms with van der Waals surface area (Å²) in [4.78, 5) is 17.2. The molecule has 1 heterocycles. The summed E-state index contributed by atoms with van der Waals surface area (Å²) in [6.45, 7) is 6.25. The molecule has 1 aliphatic heterocycles. The lowest BCUT2D eigenvalue weighted by atomic mass is 9.86. The van der Waals surface area contributed by atoms with Gasteiger partial charge >= 0.3 is 0 Å². The van der Waals surface area contributed by atoms with E-state index in [1.807, 2.05) is 43.3 Å². The van der Waals surface area contributed by atoms with E-state index in [4.69, 9.17) is 4.99 Å². The summed E-state index contributed by atoms with van der Waals surface area (Å²) >= 11 is 0. The van der Waals surface area contributed by atoms with Gasteiger partial charge in [0.05, 0.1) is 17.7 Å². The van der Waals surface area contributed by atoms with E-state index in [9.17, 15) is 4.79 Å². The number of hydrogen-bond donors (Lipinski definition) is 1. The Morgan fingerprint density at radius 2 is 1.83 bits per heavy atom. The minimum absolute atomic E-state index is 0.0277. The van der Waals surface area contributed by atoms with Gasteiger partial charge < -0.3 is 5.32 Å². The maximum atomic E-state index is 12.4. The van der Waals surface area contributed by atoms with E-state index in [1.165, 1.54) is 11.1 Å². The summed E-state index contributed by atoms with van der Waals surface area (Å²) in [5.41, 5.74) is 5.09. The molecule has 3 heteroatoms. The maximum absolute atomic E-state index is 12.4. The van der Waals surface area contributed by atoms with E-state index in [-0.39, 0.29) is 11.4 Å². The first-order chi connectivity index (χ1) is 10.9. The number of amides is 1.